The Morgan fingerprint density at radius 3 is 2.65 bits per heavy atom. The highest BCUT2D eigenvalue weighted by atomic mass is 19.3. The molecule has 0 aliphatic heterocycles. The van der Waals surface area contributed by atoms with Crippen LogP contribution < -0.4 is 16.2 Å². The van der Waals surface area contributed by atoms with Crippen molar-refractivity contribution in [3.05, 3.63) is 29.8 Å². The quantitative estimate of drug-likeness (QED) is 0.724. The van der Waals surface area contributed by atoms with Crippen LogP contribution in [0.5, 0.6) is 5.75 Å². The molecule has 1 aromatic rings. The minimum atomic E-state index is -2.81. The summed E-state index contributed by atoms with van der Waals surface area (Å²) in [6, 6.07) is 6.35. The van der Waals surface area contributed by atoms with Gasteiger partial charge in [-0.3, -0.25) is 0 Å². The predicted octanol–water partition coefficient (Wildman–Crippen LogP) is 2.42. The lowest BCUT2D eigenvalue weighted by atomic mass is 10.0. The monoisotopic (exact) mass is 244 g/mol. The maximum atomic E-state index is 12.0. The fourth-order valence-corrected chi connectivity index (χ4v) is 1.60. The molecule has 1 atom stereocenters. The Morgan fingerprint density at radius 2 is 2.00 bits per heavy atom. The van der Waals surface area contributed by atoms with Crippen LogP contribution in [0.25, 0.3) is 0 Å². The van der Waals surface area contributed by atoms with Crippen molar-refractivity contribution in [2.75, 3.05) is 6.54 Å². The third kappa shape index (κ3) is 5.10. The molecule has 0 unspecified atom stereocenters. The van der Waals surface area contributed by atoms with E-state index in [0.717, 1.165) is 24.8 Å². The van der Waals surface area contributed by atoms with Gasteiger partial charge < -0.3 is 16.2 Å². The van der Waals surface area contributed by atoms with E-state index in [4.69, 9.17) is 11.5 Å². The smallest absolute Gasteiger partial charge is 0.387 e. The molecular weight excluding hydrogens is 226 g/mol. The van der Waals surface area contributed by atoms with E-state index in [9.17, 15) is 8.78 Å². The number of hydrogen-bond acceptors (Lipinski definition) is 3. The van der Waals surface area contributed by atoms with Crippen LogP contribution >= 0.6 is 0 Å². The molecule has 0 saturated carbocycles. The summed E-state index contributed by atoms with van der Waals surface area (Å²) in [6.07, 6.45) is 2.63. The number of hydrogen-bond donors (Lipinski definition) is 2. The number of ether oxygens (including phenoxy) is 1. The van der Waals surface area contributed by atoms with Crippen LogP contribution in [0.3, 0.4) is 0 Å². The van der Waals surface area contributed by atoms with Gasteiger partial charge in [-0.1, -0.05) is 18.6 Å². The van der Waals surface area contributed by atoms with Gasteiger partial charge in [0.1, 0.15) is 5.75 Å². The molecule has 0 aliphatic rings. The number of benzene rings is 1. The van der Waals surface area contributed by atoms with Gasteiger partial charge >= 0.3 is 6.61 Å². The molecule has 0 aromatic heterocycles. The predicted molar refractivity (Wildman–Crippen MR) is 62.9 cm³/mol. The Bertz CT molecular complexity index is 334. The maximum Gasteiger partial charge on any atom is 0.387 e. The Balaban J connectivity index is 2.57. The van der Waals surface area contributed by atoms with E-state index >= 15 is 0 Å². The Hall–Kier alpha value is -1.20. The highest BCUT2D eigenvalue weighted by Gasteiger charge is 2.09. The lowest BCUT2D eigenvalue weighted by Crippen LogP contribution is -2.11. The van der Waals surface area contributed by atoms with E-state index in [2.05, 4.69) is 4.74 Å². The summed E-state index contributed by atoms with van der Waals surface area (Å²) in [7, 11) is 0. The molecule has 0 spiro atoms. The molecule has 1 aromatic carbocycles. The van der Waals surface area contributed by atoms with E-state index < -0.39 is 6.61 Å². The largest absolute Gasteiger partial charge is 0.435 e. The standard InChI is InChI=1S/C12H18F2N2O/c13-12(14)17-10-5-3-4-9(8-10)11(16)6-1-2-7-15/h3-5,8,11-12H,1-2,6-7,15-16H2/t11-/m0/s1. The van der Waals surface area contributed by atoms with Crippen molar-refractivity contribution in [1.29, 1.82) is 0 Å². The van der Waals surface area contributed by atoms with Crippen molar-refractivity contribution in [3.63, 3.8) is 0 Å². The van der Waals surface area contributed by atoms with Crippen molar-refractivity contribution >= 4 is 0 Å². The van der Waals surface area contributed by atoms with Gasteiger partial charge in [0.25, 0.3) is 0 Å². The Morgan fingerprint density at radius 1 is 1.24 bits per heavy atom. The molecule has 0 amide bonds. The first-order valence-corrected chi connectivity index (χ1v) is 5.64. The van der Waals surface area contributed by atoms with Crippen LogP contribution in [0.1, 0.15) is 30.9 Å². The lowest BCUT2D eigenvalue weighted by molar-refractivity contribution is -0.0499. The third-order valence-electron chi connectivity index (χ3n) is 2.48. The van der Waals surface area contributed by atoms with E-state index in [1.165, 1.54) is 6.07 Å². The van der Waals surface area contributed by atoms with Crippen LogP contribution in [-0.4, -0.2) is 13.2 Å². The molecule has 0 radical (unpaired) electrons. The van der Waals surface area contributed by atoms with Crippen molar-refractivity contribution < 1.29 is 13.5 Å². The molecule has 0 bridgehead atoms. The summed E-state index contributed by atoms with van der Waals surface area (Å²) in [5.41, 5.74) is 12.1. The first-order valence-electron chi connectivity index (χ1n) is 5.64. The fourth-order valence-electron chi connectivity index (χ4n) is 1.60. The van der Waals surface area contributed by atoms with E-state index in [-0.39, 0.29) is 11.8 Å². The maximum absolute atomic E-state index is 12.0. The summed E-state index contributed by atoms with van der Waals surface area (Å²) >= 11 is 0. The van der Waals surface area contributed by atoms with E-state index in [1.54, 1.807) is 12.1 Å². The van der Waals surface area contributed by atoms with E-state index in [0.29, 0.717) is 6.54 Å². The third-order valence-corrected chi connectivity index (χ3v) is 2.48. The zero-order valence-electron chi connectivity index (χ0n) is 9.61. The molecule has 3 nitrogen and oxygen atoms in total. The molecule has 1 rings (SSSR count). The summed E-state index contributed by atoms with van der Waals surface area (Å²) in [5, 5.41) is 0. The number of rotatable bonds is 7. The van der Waals surface area contributed by atoms with Gasteiger partial charge in [0.2, 0.25) is 0 Å². The molecule has 4 N–H and O–H groups in total. The van der Waals surface area contributed by atoms with Gasteiger partial charge in [-0.2, -0.15) is 8.78 Å². The number of nitrogens with two attached hydrogens (primary N) is 2. The van der Waals surface area contributed by atoms with Crippen LogP contribution in [0, 0.1) is 0 Å². The fraction of sp³-hybridized carbons (Fsp3) is 0.500. The summed E-state index contributed by atoms with van der Waals surface area (Å²) in [6.45, 7) is -2.17. The van der Waals surface area contributed by atoms with Gasteiger partial charge in [-0.25, -0.2) is 0 Å². The minimum Gasteiger partial charge on any atom is -0.435 e. The normalized spacial score (nSPS) is 12.8. The highest BCUT2D eigenvalue weighted by Crippen LogP contribution is 2.22. The minimum absolute atomic E-state index is 0.145. The van der Waals surface area contributed by atoms with Crippen LogP contribution in [0.4, 0.5) is 8.78 Å². The van der Waals surface area contributed by atoms with Gasteiger partial charge in [0.05, 0.1) is 0 Å². The van der Waals surface area contributed by atoms with Crippen LogP contribution in [0.15, 0.2) is 24.3 Å². The zero-order chi connectivity index (χ0) is 12.7. The molecule has 5 heteroatoms. The Kier molecular flexibility index (Phi) is 5.86. The van der Waals surface area contributed by atoms with Crippen molar-refractivity contribution in [3.8, 4) is 5.75 Å². The van der Waals surface area contributed by atoms with Crippen molar-refractivity contribution in [2.24, 2.45) is 11.5 Å². The molecule has 0 heterocycles. The Labute approximate surface area is 99.7 Å². The summed E-state index contributed by atoms with van der Waals surface area (Å²) in [4.78, 5) is 0. The van der Waals surface area contributed by atoms with Crippen molar-refractivity contribution in [2.45, 2.75) is 31.9 Å². The molecule has 0 saturated heterocycles. The lowest BCUT2D eigenvalue weighted by Gasteiger charge is -2.13. The van der Waals surface area contributed by atoms with Gasteiger partial charge in [0.15, 0.2) is 0 Å². The van der Waals surface area contributed by atoms with Crippen LogP contribution in [0.2, 0.25) is 0 Å². The highest BCUT2D eigenvalue weighted by molar-refractivity contribution is 5.30. The second kappa shape index (κ2) is 7.19. The van der Waals surface area contributed by atoms with Gasteiger partial charge in [0, 0.05) is 6.04 Å². The molecule has 96 valence electrons. The SMILES string of the molecule is NCCCC[C@H](N)c1cccc(OC(F)F)c1. The first kappa shape index (κ1) is 13.9. The van der Waals surface area contributed by atoms with Gasteiger partial charge in [-0.05, 0) is 37.1 Å². The number of unbranched alkanes of at least 4 members (excludes halogenated alkanes) is 1. The molecule has 0 aliphatic carbocycles. The first-order chi connectivity index (χ1) is 8.13. The second-order valence-electron chi connectivity index (χ2n) is 3.84. The zero-order valence-corrected chi connectivity index (χ0v) is 9.61. The molecule has 0 fully saturated rings. The summed E-state index contributed by atoms with van der Waals surface area (Å²) in [5.74, 6) is 0.145. The molecule has 17 heavy (non-hydrogen) atoms. The summed E-state index contributed by atoms with van der Waals surface area (Å²) < 4.78 is 28.4. The average Bonchev–Trinajstić information content (AvgIpc) is 2.28. The van der Waals surface area contributed by atoms with Crippen LogP contribution in [-0.2, 0) is 0 Å². The van der Waals surface area contributed by atoms with Crippen molar-refractivity contribution in [1.82, 2.24) is 0 Å². The number of halogens is 2. The van der Waals surface area contributed by atoms with Gasteiger partial charge in [-0.15, -0.1) is 0 Å². The number of alkyl halides is 2. The average molecular weight is 244 g/mol. The topological polar surface area (TPSA) is 61.3 Å². The molecular formula is C12H18F2N2O. The second-order valence-corrected chi connectivity index (χ2v) is 3.84. The van der Waals surface area contributed by atoms with E-state index in [1.807, 2.05) is 6.07 Å².